The van der Waals surface area contributed by atoms with Crippen molar-refractivity contribution in [3.63, 3.8) is 0 Å². The Morgan fingerprint density at radius 2 is 1.73 bits per heavy atom. The molecule has 4 heteroatoms. The van der Waals surface area contributed by atoms with E-state index in [4.69, 9.17) is 5.73 Å². The van der Waals surface area contributed by atoms with E-state index >= 15 is 0 Å². The van der Waals surface area contributed by atoms with Gasteiger partial charge in [0, 0.05) is 23.0 Å². The Bertz CT molecular complexity index is 324. The summed E-state index contributed by atoms with van der Waals surface area (Å²) in [6.45, 7) is 9.96. The molecule has 0 spiro atoms. The maximum absolute atomic E-state index is 5.88. The van der Waals surface area contributed by atoms with E-state index < -0.39 is 0 Å². The van der Waals surface area contributed by atoms with Crippen molar-refractivity contribution in [2.75, 3.05) is 5.32 Å². The molecule has 0 fully saturated rings. The second-order valence-corrected chi connectivity index (χ2v) is 4.61. The fourth-order valence-electron chi connectivity index (χ4n) is 1.18. The zero-order valence-electron chi connectivity index (χ0n) is 10.1. The molecule has 0 aliphatic rings. The molecule has 0 aliphatic heterocycles. The van der Waals surface area contributed by atoms with Crippen molar-refractivity contribution in [3.8, 4) is 0 Å². The zero-order valence-corrected chi connectivity index (χ0v) is 10.1. The van der Waals surface area contributed by atoms with Crippen LogP contribution in [0.3, 0.4) is 0 Å². The van der Waals surface area contributed by atoms with Crippen molar-refractivity contribution >= 4 is 5.95 Å². The molecule has 0 radical (unpaired) electrons. The highest BCUT2D eigenvalue weighted by atomic mass is 15.2. The Labute approximate surface area is 91.3 Å². The molecule has 1 unspecified atom stereocenters. The molecule has 0 amide bonds. The summed E-state index contributed by atoms with van der Waals surface area (Å²) in [5.41, 5.74) is 7.59. The van der Waals surface area contributed by atoms with Crippen LogP contribution in [0, 0.1) is 13.8 Å². The third-order valence-electron chi connectivity index (χ3n) is 2.55. The van der Waals surface area contributed by atoms with Crippen LogP contribution in [0.1, 0.15) is 32.2 Å². The molecule has 4 nitrogen and oxygen atoms in total. The van der Waals surface area contributed by atoms with Crippen molar-refractivity contribution < 1.29 is 0 Å². The van der Waals surface area contributed by atoms with Crippen molar-refractivity contribution in [3.05, 3.63) is 17.5 Å². The van der Waals surface area contributed by atoms with Crippen LogP contribution in [0.5, 0.6) is 0 Å². The van der Waals surface area contributed by atoms with E-state index in [1.807, 2.05) is 40.7 Å². The minimum absolute atomic E-state index is 0.0296. The average Bonchev–Trinajstić information content (AvgIpc) is 1.99. The van der Waals surface area contributed by atoms with Gasteiger partial charge in [-0.15, -0.1) is 0 Å². The summed E-state index contributed by atoms with van der Waals surface area (Å²) in [6.07, 6.45) is 0. The molecular formula is C11H20N4. The van der Waals surface area contributed by atoms with Gasteiger partial charge in [-0.25, -0.2) is 9.97 Å². The number of aryl methyl sites for hydroxylation is 2. The molecule has 15 heavy (non-hydrogen) atoms. The fraction of sp³-hybridized carbons (Fsp3) is 0.636. The van der Waals surface area contributed by atoms with Crippen LogP contribution in [-0.2, 0) is 0 Å². The third kappa shape index (κ3) is 3.16. The van der Waals surface area contributed by atoms with E-state index in [1.165, 1.54) is 0 Å². The largest absolute Gasteiger partial charge is 0.348 e. The highest BCUT2D eigenvalue weighted by Gasteiger charge is 2.23. The van der Waals surface area contributed by atoms with E-state index in [0.717, 1.165) is 11.4 Å². The van der Waals surface area contributed by atoms with E-state index in [1.54, 1.807) is 0 Å². The molecule has 84 valence electrons. The van der Waals surface area contributed by atoms with Crippen molar-refractivity contribution in [1.29, 1.82) is 0 Å². The minimum atomic E-state index is -0.208. The van der Waals surface area contributed by atoms with Gasteiger partial charge in [0.25, 0.3) is 0 Å². The summed E-state index contributed by atoms with van der Waals surface area (Å²) >= 11 is 0. The molecule has 0 saturated carbocycles. The van der Waals surface area contributed by atoms with Gasteiger partial charge >= 0.3 is 0 Å². The predicted octanol–water partition coefficient (Wildman–Crippen LogP) is 1.63. The lowest BCUT2D eigenvalue weighted by Crippen LogP contribution is -2.47. The molecule has 1 heterocycles. The number of hydrogen-bond acceptors (Lipinski definition) is 4. The minimum Gasteiger partial charge on any atom is -0.348 e. The van der Waals surface area contributed by atoms with Crippen LogP contribution in [0.4, 0.5) is 5.95 Å². The third-order valence-corrected chi connectivity index (χ3v) is 2.55. The highest BCUT2D eigenvalue weighted by Crippen LogP contribution is 2.14. The maximum Gasteiger partial charge on any atom is 0.223 e. The summed E-state index contributed by atoms with van der Waals surface area (Å²) in [4.78, 5) is 8.65. The SMILES string of the molecule is Cc1cc(C)nc(NC(C)(C)C(C)N)n1. The molecule has 1 atom stereocenters. The van der Waals surface area contributed by atoms with Gasteiger partial charge in [-0.05, 0) is 40.7 Å². The lowest BCUT2D eigenvalue weighted by molar-refractivity contribution is 0.467. The number of hydrogen-bond donors (Lipinski definition) is 2. The van der Waals surface area contributed by atoms with Crippen molar-refractivity contribution in [2.45, 2.75) is 46.2 Å². The topological polar surface area (TPSA) is 63.8 Å². The maximum atomic E-state index is 5.88. The molecule has 0 aliphatic carbocycles. The summed E-state index contributed by atoms with van der Waals surface area (Å²) in [5, 5.41) is 3.25. The number of nitrogens with zero attached hydrogens (tertiary/aromatic N) is 2. The average molecular weight is 208 g/mol. The van der Waals surface area contributed by atoms with Crippen LogP contribution in [-0.4, -0.2) is 21.5 Å². The zero-order chi connectivity index (χ0) is 11.6. The number of anilines is 1. The Morgan fingerprint density at radius 1 is 1.27 bits per heavy atom. The summed E-state index contributed by atoms with van der Waals surface area (Å²) in [5.74, 6) is 0.648. The molecule has 0 aromatic carbocycles. The van der Waals surface area contributed by atoms with Gasteiger partial charge in [0.2, 0.25) is 5.95 Å². The second kappa shape index (κ2) is 4.14. The van der Waals surface area contributed by atoms with Crippen molar-refractivity contribution in [1.82, 2.24) is 9.97 Å². The Kier molecular flexibility index (Phi) is 3.29. The first-order valence-electron chi connectivity index (χ1n) is 5.17. The molecular weight excluding hydrogens is 188 g/mol. The molecule has 1 aromatic heterocycles. The van der Waals surface area contributed by atoms with Gasteiger partial charge < -0.3 is 11.1 Å². The molecule has 1 rings (SSSR count). The summed E-state index contributed by atoms with van der Waals surface area (Å²) in [6, 6.07) is 1.98. The summed E-state index contributed by atoms with van der Waals surface area (Å²) < 4.78 is 0. The number of nitrogens with one attached hydrogen (secondary N) is 1. The molecule has 1 aromatic rings. The van der Waals surface area contributed by atoms with Crippen molar-refractivity contribution in [2.24, 2.45) is 5.73 Å². The Balaban J connectivity index is 2.89. The van der Waals surface area contributed by atoms with Gasteiger partial charge in [-0.2, -0.15) is 0 Å². The van der Waals surface area contributed by atoms with Crippen LogP contribution < -0.4 is 11.1 Å². The number of aromatic nitrogens is 2. The van der Waals surface area contributed by atoms with Crippen LogP contribution in [0.15, 0.2) is 6.07 Å². The lowest BCUT2D eigenvalue weighted by Gasteiger charge is -2.30. The number of nitrogens with two attached hydrogens (primary N) is 1. The van der Waals surface area contributed by atoms with Crippen LogP contribution in [0.25, 0.3) is 0 Å². The fourth-order valence-corrected chi connectivity index (χ4v) is 1.18. The molecule has 0 bridgehead atoms. The van der Waals surface area contributed by atoms with Gasteiger partial charge in [0.1, 0.15) is 0 Å². The Hall–Kier alpha value is -1.16. The molecule has 0 saturated heterocycles. The standard InChI is InChI=1S/C11H20N4/c1-7-6-8(2)14-10(13-7)15-11(4,5)9(3)12/h6,9H,12H2,1-5H3,(H,13,14,15). The van der Waals surface area contributed by atoms with Gasteiger partial charge in [0.15, 0.2) is 0 Å². The van der Waals surface area contributed by atoms with Crippen LogP contribution in [0.2, 0.25) is 0 Å². The highest BCUT2D eigenvalue weighted by molar-refractivity contribution is 5.31. The van der Waals surface area contributed by atoms with E-state index in [9.17, 15) is 0 Å². The van der Waals surface area contributed by atoms with Gasteiger partial charge in [-0.3, -0.25) is 0 Å². The predicted molar refractivity (Wildman–Crippen MR) is 62.9 cm³/mol. The van der Waals surface area contributed by atoms with E-state index in [0.29, 0.717) is 5.95 Å². The molecule has 3 N–H and O–H groups in total. The van der Waals surface area contributed by atoms with Gasteiger partial charge in [-0.1, -0.05) is 0 Å². The van der Waals surface area contributed by atoms with E-state index in [2.05, 4.69) is 15.3 Å². The first-order valence-corrected chi connectivity index (χ1v) is 5.17. The second-order valence-electron chi connectivity index (χ2n) is 4.61. The first-order chi connectivity index (χ1) is 6.81. The summed E-state index contributed by atoms with van der Waals surface area (Å²) in [7, 11) is 0. The quantitative estimate of drug-likeness (QED) is 0.792. The Morgan fingerprint density at radius 3 is 2.13 bits per heavy atom. The monoisotopic (exact) mass is 208 g/mol. The van der Waals surface area contributed by atoms with E-state index in [-0.39, 0.29) is 11.6 Å². The smallest absolute Gasteiger partial charge is 0.223 e. The number of rotatable bonds is 3. The lowest BCUT2D eigenvalue weighted by atomic mass is 9.97. The normalized spacial score (nSPS) is 13.7. The van der Waals surface area contributed by atoms with Gasteiger partial charge in [0.05, 0.1) is 0 Å². The first kappa shape index (κ1) is 11.9. The van der Waals surface area contributed by atoms with Crippen LogP contribution >= 0.6 is 0 Å².